The van der Waals surface area contributed by atoms with Crippen LogP contribution in [0.4, 0.5) is 0 Å². The molecule has 8 heteroatoms. The van der Waals surface area contributed by atoms with Crippen LogP contribution in [0.2, 0.25) is 0 Å². The Morgan fingerprint density at radius 2 is 2.22 bits per heavy atom. The second-order valence-corrected chi connectivity index (χ2v) is 7.56. The van der Waals surface area contributed by atoms with Crippen molar-refractivity contribution in [2.45, 2.75) is 30.5 Å². The highest BCUT2D eigenvalue weighted by Crippen LogP contribution is 2.28. The summed E-state index contributed by atoms with van der Waals surface area (Å²) in [6, 6.07) is 0.493. The van der Waals surface area contributed by atoms with Gasteiger partial charge in [0, 0.05) is 4.47 Å². The van der Waals surface area contributed by atoms with Crippen molar-refractivity contribution in [1.82, 2.24) is 4.72 Å². The molecule has 2 atom stereocenters. The van der Waals surface area contributed by atoms with Crippen molar-refractivity contribution < 1.29 is 18.3 Å². The molecule has 2 N–H and O–H groups in total. The molecule has 1 aromatic heterocycles. The zero-order valence-electron chi connectivity index (χ0n) is 9.88. The second-order valence-electron chi connectivity index (χ2n) is 3.88. The van der Waals surface area contributed by atoms with E-state index in [4.69, 9.17) is 5.11 Å². The molecule has 1 unspecified atom stereocenters. The first-order valence-corrected chi connectivity index (χ1v) is 8.43. The van der Waals surface area contributed by atoms with Gasteiger partial charge >= 0.3 is 5.97 Å². The zero-order chi connectivity index (χ0) is 13.9. The lowest BCUT2D eigenvalue weighted by Gasteiger charge is -2.19. The predicted molar refractivity (Wildman–Crippen MR) is 73.2 cm³/mol. The molecule has 0 aliphatic carbocycles. The smallest absolute Gasteiger partial charge is 0.322 e. The fraction of sp³-hybridized carbons (Fsp3) is 0.500. The number of carboxylic acid groups (broad SMARTS) is 1. The van der Waals surface area contributed by atoms with Gasteiger partial charge in [0.25, 0.3) is 10.0 Å². The molecule has 0 radical (unpaired) electrons. The van der Waals surface area contributed by atoms with Gasteiger partial charge in [0.2, 0.25) is 0 Å². The lowest BCUT2D eigenvalue weighted by Crippen LogP contribution is -2.44. The number of rotatable bonds is 6. The molecule has 0 saturated heterocycles. The lowest BCUT2D eigenvalue weighted by molar-refractivity contribution is -0.140. The van der Waals surface area contributed by atoms with E-state index in [0.717, 1.165) is 11.3 Å². The summed E-state index contributed by atoms with van der Waals surface area (Å²) in [4.78, 5) is 11.1. The number of carboxylic acids is 1. The van der Waals surface area contributed by atoms with Crippen molar-refractivity contribution in [3.63, 3.8) is 0 Å². The van der Waals surface area contributed by atoms with Gasteiger partial charge in [-0.1, -0.05) is 20.3 Å². The monoisotopic (exact) mass is 355 g/mol. The molecule has 1 heterocycles. The minimum absolute atomic E-state index is 0.0945. The van der Waals surface area contributed by atoms with E-state index in [1.54, 1.807) is 18.4 Å². The molecule has 0 aliphatic rings. The van der Waals surface area contributed by atoms with Crippen LogP contribution in [0.25, 0.3) is 0 Å². The summed E-state index contributed by atoms with van der Waals surface area (Å²) in [6.07, 6.45) is 0.575. The van der Waals surface area contributed by atoms with Crippen LogP contribution in [0, 0.1) is 5.92 Å². The van der Waals surface area contributed by atoms with Crippen molar-refractivity contribution in [3.8, 4) is 0 Å². The van der Waals surface area contributed by atoms with Gasteiger partial charge in [0.05, 0.1) is 0 Å². The van der Waals surface area contributed by atoms with Gasteiger partial charge in [-0.15, -0.1) is 11.3 Å². The Kier molecular flexibility index (Phi) is 5.32. The largest absolute Gasteiger partial charge is 0.480 e. The van der Waals surface area contributed by atoms with Gasteiger partial charge in [0.1, 0.15) is 10.3 Å². The summed E-state index contributed by atoms with van der Waals surface area (Å²) in [5.74, 6) is -1.45. The summed E-state index contributed by atoms with van der Waals surface area (Å²) in [5, 5.41) is 10.7. The molecule has 5 nitrogen and oxygen atoms in total. The van der Waals surface area contributed by atoms with Gasteiger partial charge in [-0.2, -0.15) is 4.72 Å². The maximum Gasteiger partial charge on any atom is 0.322 e. The normalized spacial score (nSPS) is 15.3. The topological polar surface area (TPSA) is 83.5 Å². The van der Waals surface area contributed by atoms with Gasteiger partial charge in [-0.25, -0.2) is 8.42 Å². The summed E-state index contributed by atoms with van der Waals surface area (Å²) in [6.45, 7) is 3.51. The van der Waals surface area contributed by atoms with Crippen molar-refractivity contribution >= 4 is 43.3 Å². The number of aliphatic carboxylic acids is 1. The van der Waals surface area contributed by atoms with Gasteiger partial charge in [-0.3, -0.25) is 4.79 Å². The fourth-order valence-electron chi connectivity index (χ4n) is 1.34. The minimum Gasteiger partial charge on any atom is -0.480 e. The van der Waals surface area contributed by atoms with Crippen molar-refractivity contribution in [1.29, 1.82) is 0 Å². The molecule has 0 aliphatic heterocycles. The van der Waals surface area contributed by atoms with Crippen LogP contribution in [-0.2, 0) is 14.8 Å². The van der Waals surface area contributed by atoms with Crippen LogP contribution in [-0.4, -0.2) is 25.5 Å². The number of sulfonamides is 1. The first-order chi connectivity index (χ1) is 8.29. The summed E-state index contributed by atoms with van der Waals surface area (Å²) in [5.41, 5.74) is 0. The highest BCUT2D eigenvalue weighted by Gasteiger charge is 2.30. The summed E-state index contributed by atoms with van der Waals surface area (Å²) in [7, 11) is -3.81. The van der Waals surface area contributed by atoms with Crippen molar-refractivity contribution in [3.05, 3.63) is 15.9 Å². The molecule has 0 fully saturated rings. The van der Waals surface area contributed by atoms with Gasteiger partial charge < -0.3 is 5.11 Å². The van der Waals surface area contributed by atoms with Crippen LogP contribution in [0.5, 0.6) is 0 Å². The molecule has 0 spiro atoms. The molecule has 0 amide bonds. The highest BCUT2D eigenvalue weighted by molar-refractivity contribution is 9.10. The van der Waals surface area contributed by atoms with Crippen LogP contribution >= 0.6 is 27.3 Å². The molecule has 0 saturated carbocycles. The number of thiophene rings is 1. The zero-order valence-corrected chi connectivity index (χ0v) is 13.1. The standard InChI is InChI=1S/C10H14BrNO4S2/c1-3-6(2)8(9(13)14)12-18(15,16)10-7(11)4-5-17-10/h4-6,8,12H,3H2,1-2H3,(H,13,14)/t6?,8-/m0/s1. The van der Waals surface area contributed by atoms with E-state index in [9.17, 15) is 13.2 Å². The third kappa shape index (κ3) is 3.53. The summed E-state index contributed by atoms with van der Waals surface area (Å²) < 4.78 is 26.9. The molecule has 0 aromatic carbocycles. The van der Waals surface area contributed by atoms with E-state index in [1.807, 2.05) is 6.92 Å². The Balaban J connectivity index is 3.01. The Labute approximate surface area is 118 Å². The molecule has 18 heavy (non-hydrogen) atoms. The number of halogens is 1. The Hall–Kier alpha value is -0.440. The van der Waals surface area contributed by atoms with Crippen LogP contribution in [0.15, 0.2) is 20.1 Å². The minimum atomic E-state index is -3.81. The molecular weight excluding hydrogens is 342 g/mol. The maximum absolute atomic E-state index is 12.1. The third-order valence-corrected chi connectivity index (χ3v) is 6.70. The third-order valence-electron chi connectivity index (χ3n) is 2.59. The summed E-state index contributed by atoms with van der Waals surface area (Å²) >= 11 is 4.17. The molecule has 102 valence electrons. The molecule has 0 bridgehead atoms. The maximum atomic E-state index is 12.1. The molecule has 1 rings (SSSR count). The lowest BCUT2D eigenvalue weighted by atomic mass is 10.0. The fourth-order valence-corrected chi connectivity index (χ4v) is 4.99. The molecular formula is C10H14BrNO4S2. The average Bonchev–Trinajstić information content (AvgIpc) is 2.72. The van der Waals surface area contributed by atoms with E-state index in [1.165, 1.54) is 0 Å². The predicted octanol–water partition coefficient (Wildman–Crippen LogP) is 2.29. The first kappa shape index (κ1) is 15.6. The quantitative estimate of drug-likeness (QED) is 0.819. The Morgan fingerprint density at radius 1 is 1.61 bits per heavy atom. The number of hydrogen-bond donors (Lipinski definition) is 2. The van der Waals surface area contributed by atoms with E-state index < -0.39 is 22.0 Å². The van der Waals surface area contributed by atoms with Crippen LogP contribution in [0.3, 0.4) is 0 Å². The van der Waals surface area contributed by atoms with E-state index in [2.05, 4.69) is 20.7 Å². The second kappa shape index (κ2) is 6.14. The van der Waals surface area contributed by atoms with E-state index in [-0.39, 0.29) is 10.1 Å². The van der Waals surface area contributed by atoms with Crippen molar-refractivity contribution in [2.24, 2.45) is 5.92 Å². The molecule has 1 aromatic rings. The SMILES string of the molecule is CCC(C)[C@H](NS(=O)(=O)c1sccc1Br)C(=O)O. The van der Waals surface area contributed by atoms with E-state index >= 15 is 0 Å². The van der Waals surface area contributed by atoms with Crippen LogP contribution < -0.4 is 4.72 Å². The number of hydrogen-bond acceptors (Lipinski definition) is 4. The van der Waals surface area contributed by atoms with Crippen LogP contribution in [0.1, 0.15) is 20.3 Å². The van der Waals surface area contributed by atoms with Gasteiger partial charge in [0.15, 0.2) is 0 Å². The number of nitrogens with one attached hydrogen (secondary N) is 1. The number of carbonyl (C=O) groups is 1. The Morgan fingerprint density at radius 3 is 2.61 bits per heavy atom. The van der Waals surface area contributed by atoms with E-state index in [0.29, 0.717) is 10.9 Å². The van der Waals surface area contributed by atoms with Crippen molar-refractivity contribution in [2.75, 3.05) is 0 Å². The average molecular weight is 356 g/mol. The first-order valence-electron chi connectivity index (χ1n) is 5.27. The highest BCUT2D eigenvalue weighted by atomic mass is 79.9. The van der Waals surface area contributed by atoms with Gasteiger partial charge in [-0.05, 0) is 33.3 Å². The Bertz CT molecular complexity index is 526.